The van der Waals surface area contributed by atoms with Gasteiger partial charge < -0.3 is 11.1 Å². The van der Waals surface area contributed by atoms with E-state index in [1.807, 2.05) is 13.8 Å². The topological polar surface area (TPSA) is 124 Å². The summed E-state index contributed by atoms with van der Waals surface area (Å²) in [5.41, 5.74) is 5.83. The van der Waals surface area contributed by atoms with Gasteiger partial charge in [-0.15, -0.1) is 0 Å². The number of nitrogens with two attached hydrogens (primary N) is 1. The maximum Gasteiger partial charge on any atom is 0.270 e. The van der Waals surface area contributed by atoms with E-state index in [1.54, 1.807) is 0 Å². The zero-order chi connectivity index (χ0) is 15.6. The number of primary amides is 1. The first-order chi connectivity index (χ1) is 9.90. The number of aromatic nitrogens is 2. The van der Waals surface area contributed by atoms with Crippen LogP contribution in [0.2, 0.25) is 0 Å². The second-order valence-corrected chi connectivity index (χ2v) is 4.95. The van der Waals surface area contributed by atoms with Gasteiger partial charge in [0.05, 0.1) is 10.4 Å². The van der Waals surface area contributed by atoms with Crippen molar-refractivity contribution in [2.24, 2.45) is 11.7 Å². The van der Waals surface area contributed by atoms with Crippen LogP contribution in [0.5, 0.6) is 0 Å². The minimum absolute atomic E-state index is 0.0498. The number of hydrogen-bond donors (Lipinski definition) is 2. The molecular weight excluding hydrogens is 274 g/mol. The van der Waals surface area contributed by atoms with Gasteiger partial charge in [0.15, 0.2) is 0 Å². The number of fused-ring (bicyclic) bond motifs is 1. The van der Waals surface area contributed by atoms with Crippen LogP contribution in [0.15, 0.2) is 24.5 Å². The van der Waals surface area contributed by atoms with Crippen molar-refractivity contribution < 1.29 is 9.72 Å². The highest BCUT2D eigenvalue weighted by Crippen LogP contribution is 2.25. The van der Waals surface area contributed by atoms with Crippen molar-refractivity contribution in [2.75, 3.05) is 5.32 Å². The molecule has 0 saturated heterocycles. The SMILES string of the molecule is CC(C)C(Nc1ncnc2ccc([N+](=O)[O-])cc12)C(N)=O. The number of benzene rings is 1. The number of non-ortho nitro benzene ring substituents is 1. The van der Waals surface area contributed by atoms with Crippen molar-refractivity contribution in [3.05, 3.63) is 34.6 Å². The van der Waals surface area contributed by atoms with Crippen LogP contribution in [0.1, 0.15) is 13.8 Å². The highest BCUT2D eigenvalue weighted by Gasteiger charge is 2.21. The van der Waals surface area contributed by atoms with Gasteiger partial charge in [-0.05, 0) is 12.0 Å². The first-order valence-electron chi connectivity index (χ1n) is 6.35. The summed E-state index contributed by atoms with van der Waals surface area (Å²) < 4.78 is 0. The number of nitrogens with one attached hydrogen (secondary N) is 1. The van der Waals surface area contributed by atoms with Crippen LogP contribution in [0.25, 0.3) is 10.9 Å². The Bertz CT molecular complexity index is 701. The first kappa shape index (κ1) is 14.6. The fraction of sp³-hybridized carbons (Fsp3) is 0.308. The van der Waals surface area contributed by atoms with Crippen molar-refractivity contribution >= 4 is 28.3 Å². The van der Waals surface area contributed by atoms with Gasteiger partial charge in [0.2, 0.25) is 5.91 Å². The molecule has 0 aliphatic rings. The lowest BCUT2D eigenvalue weighted by Crippen LogP contribution is -2.39. The number of nitro groups is 1. The summed E-state index contributed by atoms with van der Waals surface area (Å²) >= 11 is 0. The van der Waals surface area contributed by atoms with E-state index in [9.17, 15) is 14.9 Å². The maximum atomic E-state index is 11.5. The lowest BCUT2D eigenvalue weighted by molar-refractivity contribution is -0.384. The molecule has 2 aromatic rings. The number of nitro benzene ring substituents is 1. The van der Waals surface area contributed by atoms with Crippen LogP contribution < -0.4 is 11.1 Å². The Kier molecular flexibility index (Phi) is 3.97. The maximum absolute atomic E-state index is 11.5. The van der Waals surface area contributed by atoms with Gasteiger partial charge in [-0.25, -0.2) is 9.97 Å². The smallest absolute Gasteiger partial charge is 0.270 e. The van der Waals surface area contributed by atoms with Crippen molar-refractivity contribution in [3.8, 4) is 0 Å². The molecule has 8 heteroatoms. The molecule has 0 aliphatic heterocycles. The van der Waals surface area contributed by atoms with E-state index in [0.29, 0.717) is 16.7 Å². The molecule has 3 N–H and O–H groups in total. The number of rotatable bonds is 5. The fourth-order valence-electron chi connectivity index (χ4n) is 1.99. The number of carbonyl (C=O) groups is 1. The molecule has 1 atom stereocenters. The van der Waals surface area contributed by atoms with Crippen LogP contribution in [0.3, 0.4) is 0 Å². The van der Waals surface area contributed by atoms with Crippen LogP contribution in [0, 0.1) is 16.0 Å². The third-order valence-corrected chi connectivity index (χ3v) is 3.10. The van der Waals surface area contributed by atoms with Crippen LogP contribution in [-0.2, 0) is 4.79 Å². The molecule has 0 fully saturated rings. The number of carbonyl (C=O) groups excluding carboxylic acids is 1. The van der Waals surface area contributed by atoms with Gasteiger partial charge >= 0.3 is 0 Å². The van der Waals surface area contributed by atoms with E-state index < -0.39 is 16.9 Å². The largest absolute Gasteiger partial charge is 0.368 e. The Morgan fingerprint density at radius 3 is 2.67 bits per heavy atom. The highest BCUT2D eigenvalue weighted by atomic mass is 16.6. The summed E-state index contributed by atoms with van der Waals surface area (Å²) in [5.74, 6) is -0.213. The van der Waals surface area contributed by atoms with Crippen LogP contribution in [-0.4, -0.2) is 26.8 Å². The monoisotopic (exact) mass is 289 g/mol. The van der Waals surface area contributed by atoms with E-state index >= 15 is 0 Å². The van der Waals surface area contributed by atoms with Gasteiger partial charge in [0.1, 0.15) is 18.2 Å². The third-order valence-electron chi connectivity index (χ3n) is 3.10. The molecule has 110 valence electrons. The Labute approximate surface area is 120 Å². The summed E-state index contributed by atoms with van der Waals surface area (Å²) in [6, 6.07) is 3.65. The predicted octanol–water partition coefficient (Wildman–Crippen LogP) is 1.46. The molecule has 0 spiro atoms. The number of anilines is 1. The number of amides is 1. The summed E-state index contributed by atoms with van der Waals surface area (Å²) in [5, 5.41) is 14.3. The lowest BCUT2D eigenvalue weighted by Gasteiger charge is -2.20. The Morgan fingerprint density at radius 1 is 1.38 bits per heavy atom. The van der Waals surface area contributed by atoms with Crippen LogP contribution in [0.4, 0.5) is 11.5 Å². The summed E-state index contributed by atoms with van der Waals surface area (Å²) in [6.07, 6.45) is 1.33. The fourth-order valence-corrected chi connectivity index (χ4v) is 1.99. The molecule has 1 heterocycles. The van der Waals surface area contributed by atoms with Crippen molar-refractivity contribution in [3.63, 3.8) is 0 Å². The minimum Gasteiger partial charge on any atom is -0.368 e. The second-order valence-electron chi connectivity index (χ2n) is 4.95. The van der Waals surface area contributed by atoms with Gasteiger partial charge in [0.25, 0.3) is 5.69 Å². The molecule has 1 amide bonds. The van der Waals surface area contributed by atoms with Crippen molar-refractivity contribution in [1.29, 1.82) is 0 Å². The average molecular weight is 289 g/mol. The highest BCUT2D eigenvalue weighted by molar-refractivity contribution is 5.93. The predicted molar refractivity (Wildman–Crippen MR) is 77.6 cm³/mol. The van der Waals surface area contributed by atoms with E-state index in [4.69, 9.17) is 5.73 Å². The lowest BCUT2D eigenvalue weighted by atomic mass is 10.0. The molecule has 1 unspecified atom stereocenters. The molecule has 2 rings (SSSR count). The van der Waals surface area contributed by atoms with E-state index in [2.05, 4.69) is 15.3 Å². The summed E-state index contributed by atoms with van der Waals surface area (Å²) in [7, 11) is 0. The van der Waals surface area contributed by atoms with Gasteiger partial charge in [-0.1, -0.05) is 13.8 Å². The molecular formula is C13H15N5O3. The number of hydrogen-bond acceptors (Lipinski definition) is 6. The Balaban J connectivity index is 2.50. The molecule has 0 bridgehead atoms. The molecule has 1 aromatic heterocycles. The van der Waals surface area contributed by atoms with Crippen molar-refractivity contribution in [2.45, 2.75) is 19.9 Å². The zero-order valence-corrected chi connectivity index (χ0v) is 11.6. The van der Waals surface area contributed by atoms with E-state index in [1.165, 1.54) is 24.5 Å². The summed E-state index contributed by atoms with van der Waals surface area (Å²) in [6.45, 7) is 3.68. The molecule has 0 aliphatic carbocycles. The second kappa shape index (κ2) is 5.70. The van der Waals surface area contributed by atoms with Gasteiger partial charge in [0, 0.05) is 17.5 Å². The van der Waals surface area contributed by atoms with E-state index in [-0.39, 0.29) is 11.6 Å². The van der Waals surface area contributed by atoms with Crippen molar-refractivity contribution in [1.82, 2.24) is 9.97 Å². The Hall–Kier alpha value is -2.77. The first-order valence-corrected chi connectivity index (χ1v) is 6.35. The van der Waals surface area contributed by atoms with E-state index in [0.717, 1.165) is 0 Å². The molecule has 8 nitrogen and oxygen atoms in total. The standard InChI is InChI=1S/C13H15N5O3/c1-7(2)11(12(14)19)17-13-9-5-8(18(20)21)3-4-10(9)15-6-16-13/h3-7,11H,1-2H3,(H2,14,19)(H,15,16,17). The summed E-state index contributed by atoms with van der Waals surface area (Å²) in [4.78, 5) is 29.9. The molecule has 0 saturated carbocycles. The average Bonchev–Trinajstić information content (AvgIpc) is 2.43. The Morgan fingerprint density at radius 2 is 2.10 bits per heavy atom. The normalized spacial score (nSPS) is 12.3. The zero-order valence-electron chi connectivity index (χ0n) is 11.6. The third kappa shape index (κ3) is 3.04. The quantitative estimate of drug-likeness (QED) is 0.634. The molecule has 21 heavy (non-hydrogen) atoms. The molecule has 1 aromatic carbocycles. The van der Waals surface area contributed by atoms with Gasteiger partial charge in [-0.3, -0.25) is 14.9 Å². The molecule has 0 radical (unpaired) electrons. The van der Waals surface area contributed by atoms with Gasteiger partial charge in [-0.2, -0.15) is 0 Å². The number of nitrogens with zero attached hydrogens (tertiary/aromatic N) is 3. The minimum atomic E-state index is -0.623. The van der Waals surface area contributed by atoms with Crippen LogP contribution >= 0.6 is 0 Å².